The van der Waals surface area contributed by atoms with Gasteiger partial charge in [0.1, 0.15) is 5.52 Å². The molecule has 1 aromatic heterocycles. The molecule has 2 heterocycles. The van der Waals surface area contributed by atoms with Crippen molar-refractivity contribution in [2.24, 2.45) is 0 Å². The van der Waals surface area contributed by atoms with Gasteiger partial charge >= 0.3 is 0 Å². The van der Waals surface area contributed by atoms with Crippen molar-refractivity contribution in [3.63, 3.8) is 0 Å². The fourth-order valence-corrected chi connectivity index (χ4v) is 2.37. The molecule has 1 fully saturated rings. The summed E-state index contributed by atoms with van der Waals surface area (Å²) in [5.74, 6) is 0.753. The molecule has 0 atom stereocenters. The van der Waals surface area contributed by atoms with Gasteiger partial charge in [-0.1, -0.05) is 12.1 Å². The van der Waals surface area contributed by atoms with Crippen molar-refractivity contribution in [2.75, 3.05) is 25.0 Å². The number of fused-ring (bicyclic) bond motifs is 1. The van der Waals surface area contributed by atoms with Gasteiger partial charge in [-0.05, 0) is 32.0 Å². The van der Waals surface area contributed by atoms with E-state index in [2.05, 4.69) is 25.4 Å². The highest BCUT2D eigenvalue weighted by atomic mass is 15.3. The second kappa shape index (κ2) is 4.86. The predicted octanol–water partition coefficient (Wildman–Crippen LogP) is 1.21. The fraction of sp³-hybridized carbons (Fsp3) is 0.462. The largest absolute Gasteiger partial charge is 0.339 e. The van der Waals surface area contributed by atoms with E-state index in [1.807, 2.05) is 31.3 Å². The lowest BCUT2D eigenvalue weighted by molar-refractivity contribution is 0.438. The second-order valence-corrected chi connectivity index (χ2v) is 4.65. The highest BCUT2D eigenvalue weighted by molar-refractivity contribution is 5.74. The first kappa shape index (κ1) is 11.3. The number of piperidine rings is 1. The van der Waals surface area contributed by atoms with Gasteiger partial charge in [-0.2, -0.15) is 0 Å². The molecule has 1 aliphatic rings. The van der Waals surface area contributed by atoms with Gasteiger partial charge in [0, 0.05) is 19.1 Å². The fourth-order valence-electron chi connectivity index (χ4n) is 2.37. The van der Waals surface area contributed by atoms with E-state index in [9.17, 15) is 0 Å². The topological polar surface area (TPSA) is 53.9 Å². The third kappa shape index (κ3) is 2.13. The Kier molecular flexibility index (Phi) is 3.06. The molecule has 94 valence electrons. The van der Waals surface area contributed by atoms with Crippen LogP contribution in [0.15, 0.2) is 24.3 Å². The molecule has 1 N–H and O–H groups in total. The summed E-state index contributed by atoms with van der Waals surface area (Å²) in [7, 11) is 2.02. The Labute approximate surface area is 106 Å². The normalized spacial score (nSPS) is 17.3. The Morgan fingerprint density at radius 1 is 1.11 bits per heavy atom. The van der Waals surface area contributed by atoms with E-state index in [1.165, 1.54) is 0 Å². The van der Waals surface area contributed by atoms with Crippen LogP contribution in [-0.2, 0) is 0 Å². The first-order valence-corrected chi connectivity index (χ1v) is 6.38. The summed E-state index contributed by atoms with van der Waals surface area (Å²) < 4.78 is 0. The first-order valence-electron chi connectivity index (χ1n) is 6.38. The van der Waals surface area contributed by atoms with Crippen LogP contribution in [0.3, 0.4) is 0 Å². The maximum absolute atomic E-state index is 4.58. The number of rotatable bonds is 2. The van der Waals surface area contributed by atoms with Crippen LogP contribution >= 0.6 is 0 Å². The summed E-state index contributed by atoms with van der Waals surface area (Å²) in [5, 5.41) is 11.8. The standard InChI is InChI=1S/C13H17N5/c1-14-10-6-8-18(9-7-10)13-15-11-4-2-3-5-12(11)16-17-13/h2-5,10,14H,6-9H2,1H3. The molecule has 0 saturated carbocycles. The Bertz CT molecular complexity index is 534. The zero-order valence-electron chi connectivity index (χ0n) is 10.5. The minimum Gasteiger partial charge on any atom is -0.339 e. The summed E-state index contributed by atoms with van der Waals surface area (Å²) in [4.78, 5) is 6.80. The van der Waals surface area contributed by atoms with Crippen molar-refractivity contribution >= 4 is 17.0 Å². The van der Waals surface area contributed by atoms with Crippen LogP contribution in [0.5, 0.6) is 0 Å². The predicted molar refractivity (Wildman–Crippen MR) is 71.6 cm³/mol. The van der Waals surface area contributed by atoms with Crippen LogP contribution < -0.4 is 10.2 Å². The average molecular weight is 243 g/mol. The molecule has 1 aromatic carbocycles. The first-order chi connectivity index (χ1) is 8.86. The maximum Gasteiger partial charge on any atom is 0.245 e. The van der Waals surface area contributed by atoms with E-state index in [1.54, 1.807) is 0 Å². The van der Waals surface area contributed by atoms with E-state index < -0.39 is 0 Å². The number of para-hydroxylation sites is 1. The molecule has 18 heavy (non-hydrogen) atoms. The average Bonchev–Trinajstić information content (AvgIpc) is 2.47. The van der Waals surface area contributed by atoms with Gasteiger partial charge in [-0.15, -0.1) is 10.2 Å². The second-order valence-electron chi connectivity index (χ2n) is 4.65. The Balaban J connectivity index is 1.82. The third-order valence-corrected chi connectivity index (χ3v) is 3.54. The Morgan fingerprint density at radius 2 is 1.83 bits per heavy atom. The molecule has 5 heteroatoms. The number of nitrogens with one attached hydrogen (secondary N) is 1. The van der Waals surface area contributed by atoms with Crippen molar-refractivity contribution in [1.29, 1.82) is 0 Å². The molecule has 0 aliphatic carbocycles. The van der Waals surface area contributed by atoms with Crippen LogP contribution in [-0.4, -0.2) is 41.4 Å². The van der Waals surface area contributed by atoms with Crippen molar-refractivity contribution in [2.45, 2.75) is 18.9 Å². The summed E-state index contributed by atoms with van der Waals surface area (Å²) in [5.41, 5.74) is 1.77. The van der Waals surface area contributed by atoms with Crippen LogP contribution in [0.2, 0.25) is 0 Å². The summed E-state index contributed by atoms with van der Waals surface area (Å²) in [6, 6.07) is 8.47. The van der Waals surface area contributed by atoms with Gasteiger partial charge in [0.15, 0.2) is 0 Å². The molecule has 1 saturated heterocycles. The SMILES string of the molecule is CNC1CCN(c2nnc3ccccc3n2)CC1. The molecular weight excluding hydrogens is 226 g/mol. The Morgan fingerprint density at radius 3 is 2.56 bits per heavy atom. The third-order valence-electron chi connectivity index (χ3n) is 3.54. The van der Waals surface area contributed by atoms with Crippen molar-refractivity contribution in [3.05, 3.63) is 24.3 Å². The molecule has 0 unspecified atom stereocenters. The summed E-state index contributed by atoms with van der Waals surface area (Å²) >= 11 is 0. The van der Waals surface area contributed by atoms with Gasteiger partial charge in [0.05, 0.1) is 5.52 Å². The lowest BCUT2D eigenvalue weighted by atomic mass is 10.1. The number of aromatic nitrogens is 3. The van der Waals surface area contributed by atoms with Gasteiger partial charge < -0.3 is 10.2 Å². The van der Waals surface area contributed by atoms with E-state index in [0.29, 0.717) is 6.04 Å². The maximum atomic E-state index is 4.58. The monoisotopic (exact) mass is 243 g/mol. The lowest BCUT2D eigenvalue weighted by Crippen LogP contribution is -2.41. The number of benzene rings is 1. The molecular formula is C13H17N5. The number of nitrogens with zero attached hydrogens (tertiary/aromatic N) is 4. The summed E-state index contributed by atoms with van der Waals surface area (Å²) in [6.07, 6.45) is 2.26. The number of anilines is 1. The highest BCUT2D eigenvalue weighted by Crippen LogP contribution is 2.17. The van der Waals surface area contributed by atoms with Crippen LogP contribution in [0.25, 0.3) is 11.0 Å². The van der Waals surface area contributed by atoms with Crippen LogP contribution in [0.4, 0.5) is 5.95 Å². The molecule has 3 rings (SSSR count). The van der Waals surface area contributed by atoms with Crippen molar-refractivity contribution in [1.82, 2.24) is 20.5 Å². The molecule has 1 aliphatic heterocycles. The molecule has 0 radical (unpaired) electrons. The minimum atomic E-state index is 0.620. The number of hydrogen-bond acceptors (Lipinski definition) is 5. The van der Waals surface area contributed by atoms with Crippen molar-refractivity contribution < 1.29 is 0 Å². The zero-order chi connectivity index (χ0) is 12.4. The minimum absolute atomic E-state index is 0.620. The van der Waals surface area contributed by atoms with Gasteiger partial charge in [0.25, 0.3) is 0 Å². The van der Waals surface area contributed by atoms with Gasteiger partial charge in [-0.3, -0.25) is 0 Å². The zero-order valence-corrected chi connectivity index (χ0v) is 10.5. The van der Waals surface area contributed by atoms with Gasteiger partial charge in [0.2, 0.25) is 5.95 Å². The quantitative estimate of drug-likeness (QED) is 0.859. The molecule has 0 amide bonds. The number of hydrogen-bond donors (Lipinski definition) is 1. The van der Waals surface area contributed by atoms with Crippen LogP contribution in [0, 0.1) is 0 Å². The lowest BCUT2D eigenvalue weighted by Gasteiger charge is -2.31. The molecule has 0 bridgehead atoms. The summed E-state index contributed by atoms with van der Waals surface area (Å²) in [6.45, 7) is 1.98. The Hall–Kier alpha value is -1.75. The van der Waals surface area contributed by atoms with E-state index >= 15 is 0 Å². The van der Waals surface area contributed by atoms with Gasteiger partial charge in [-0.25, -0.2) is 4.98 Å². The molecule has 2 aromatic rings. The molecule has 5 nitrogen and oxygen atoms in total. The van der Waals surface area contributed by atoms with Crippen LogP contribution in [0.1, 0.15) is 12.8 Å². The van der Waals surface area contributed by atoms with Crippen molar-refractivity contribution in [3.8, 4) is 0 Å². The molecule has 0 spiro atoms. The van der Waals surface area contributed by atoms with E-state index in [4.69, 9.17) is 0 Å². The highest BCUT2D eigenvalue weighted by Gasteiger charge is 2.20. The van der Waals surface area contributed by atoms with E-state index in [0.717, 1.165) is 42.9 Å². The smallest absolute Gasteiger partial charge is 0.245 e. The van der Waals surface area contributed by atoms with E-state index in [-0.39, 0.29) is 0 Å².